The Kier molecular flexibility index (Phi) is 7.57. The van der Waals surface area contributed by atoms with Gasteiger partial charge in [-0.2, -0.15) is 0 Å². The molecule has 3 aromatic rings. The molecule has 0 aliphatic heterocycles. The molecule has 0 fully saturated rings. The second-order valence-electron chi connectivity index (χ2n) is 7.05. The summed E-state index contributed by atoms with van der Waals surface area (Å²) in [6.07, 6.45) is 0. The molecule has 2 amide bonds. The molecule has 8 nitrogen and oxygen atoms in total. The molecule has 0 unspecified atom stereocenters. The lowest BCUT2D eigenvalue weighted by Crippen LogP contribution is -2.35. The molecule has 0 saturated carbocycles. The molecule has 10 heteroatoms. The highest BCUT2D eigenvalue weighted by molar-refractivity contribution is 7.92. The van der Waals surface area contributed by atoms with Gasteiger partial charge in [0.2, 0.25) is 5.91 Å². The van der Waals surface area contributed by atoms with Crippen molar-refractivity contribution in [3.8, 4) is 5.75 Å². The maximum absolute atomic E-state index is 12.9. The quantitative estimate of drug-likeness (QED) is 0.502. The first kappa shape index (κ1) is 24.1. The minimum absolute atomic E-state index is 0.0988. The second kappa shape index (κ2) is 10.4. The van der Waals surface area contributed by atoms with Crippen LogP contribution in [0.25, 0.3) is 0 Å². The van der Waals surface area contributed by atoms with Gasteiger partial charge in [-0.25, -0.2) is 8.42 Å². The van der Waals surface area contributed by atoms with Crippen LogP contribution in [0.15, 0.2) is 77.7 Å². The van der Waals surface area contributed by atoms with E-state index in [2.05, 4.69) is 10.0 Å². The molecule has 0 aromatic heterocycles. The number of halogens is 1. The molecule has 0 radical (unpaired) electrons. The van der Waals surface area contributed by atoms with Crippen LogP contribution in [0.5, 0.6) is 5.75 Å². The monoisotopic (exact) mass is 487 g/mol. The van der Waals surface area contributed by atoms with E-state index in [1.54, 1.807) is 48.5 Å². The lowest BCUT2D eigenvalue weighted by atomic mass is 10.2. The molecule has 0 saturated heterocycles. The van der Waals surface area contributed by atoms with E-state index < -0.39 is 21.8 Å². The van der Waals surface area contributed by atoms with E-state index in [4.69, 9.17) is 16.3 Å². The van der Waals surface area contributed by atoms with Gasteiger partial charge in [0.15, 0.2) is 0 Å². The maximum atomic E-state index is 12.9. The highest BCUT2D eigenvalue weighted by atomic mass is 35.5. The second-order valence-corrected chi connectivity index (χ2v) is 9.17. The molecule has 2 N–H and O–H groups in total. The fourth-order valence-corrected chi connectivity index (χ4v) is 4.21. The Hall–Kier alpha value is -3.56. The van der Waals surface area contributed by atoms with Crippen molar-refractivity contribution in [3.05, 3.63) is 83.4 Å². The van der Waals surface area contributed by atoms with Crippen LogP contribution < -0.4 is 14.8 Å². The predicted octanol–water partition coefficient (Wildman–Crippen LogP) is 3.86. The number of ether oxygens (including phenoxy) is 1. The molecule has 172 valence electrons. The molecule has 3 aromatic carbocycles. The SMILES string of the molecule is COc1ccccc1NS(=O)(=O)c1cccc(C(=O)N(C)CC(=O)Nc2ccc(Cl)cc2)c1. The van der Waals surface area contributed by atoms with Crippen LogP contribution in [0.4, 0.5) is 11.4 Å². The summed E-state index contributed by atoms with van der Waals surface area (Å²) in [6, 6.07) is 18.7. The molecule has 33 heavy (non-hydrogen) atoms. The number of rotatable bonds is 8. The minimum Gasteiger partial charge on any atom is -0.495 e. The van der Waals surface area contributed by atoms with E-state index in [9.17, 15) is 18.0 Å². The van der Waals surface area contributed by atoms with Crippen molar-refractivity contribution >= 4 is 44.8 Å². The van der Waals surface area contributed by atoms with Crippen molar-refractivity contribution in [2.24, 2.45) is 0 Å². The molecular formula is C23H22ClN3O5S. The predicted molar refractivity (Wildman–Crippen MR) is 127 cm³/mol. The summed E-state index contributed by atoms with van der Waals surface area (Å²) >= 11 is 5.83. The van der Waals surface area contributed by atoms with Crippen molar-refractivity contribution < 1.29 is 22.7 Å². The molecule has 0 atom stereocenters. The van der Waals surface area contributed by atoms with Gasteiger partial charge in [0.05, 0.1) is 24.2 Å². The van der Waals surface area contributed by atoms with Gasteiger partial charge in [-0.1, -0.05) is 29.8 Å². The van der Waals surface area contributed by atoms with E-state index in [0.717, 1.165) is 0 Å². The van der Waals surface area contributed by atoms with E-state index in [-0.39, 0.29) is 22.7 Å². The van der Waals surface area contributed by atoms with Crippen LogP contribution in [0.2, 0.25) is 5.02 Å². The molecule has 0 bridgehead atoms. The van der Waals surface area contributed by atoms with Crippen LogP contribution in [-0.4, -0.2) is 45.8 Å². The minimum atomic E-state index is -3.99. The Balaban J connectivity index is 1.71. The Morgan fingerprint density at radius 3 is 2.39 bits per heavy atom. The fourth-order valence-electron chi connectivity index (χ4n) is 2.97. The average molecular weight is 488 g/mol. The summed E-state index contributed by atoms with van der Waals surface area (Å²) in [6.45, 7) is -0.224. The lowest BCUT2D eigenvalue weighted by molar-refractivity contribution is -0.116. The van der Waals surface area contributed by atoms with Crippen molar-refractivity contribution in [2.75, 3.05) is 30.7 Å². The number of nitrogens with zero attached hydrogens (tertiary/aromatic N) is 1. The Morgan fingerprint density at radius 1 is 1.00 bits per heavy atom. The standard InChI is InChI=1S/C23H22ClN3O5S/c1-27(15-22(28)25-18-12-10-17(24)11-13-18)23(29)16-6-5-7-19(14-16)33(30,31)26-20-8-3-4-9-21(20)32-2/h3-14,26H,15H2,1-2H3,(H,25,28). The molecule has 0 aliphatic rings. The third-order valence-electron chi connectivity index (χ3n) is 4.60. The number of likely N-dealkylation sites (N-methyl/N-ethyl adjacent to an activating group) is 1. The molecule has 3 rings (SSSR count). The fraction of sp³-hybridized carbons (Fsp3) is 0.130. The molecular weight excluding hydrogens is 466 g/mol. The normalized spacial score (nSPS) is 10.9. The van der Waals surface area contributed by atoms with Gasteiger partial charge in [0, 0.05) is 23.3 Å². The maximum Gasteiger partial charge on any atom is 0.262 e. The highest BCUT2D eigenvalue weighted by Gasteiger charge is 2.20. The summed E-state index contributed by atoms with van der Waals surface area (Å²) in [4.78, 5) is 26.2. The zero-order valence-electron chi connectivity index (χ0n) is 17.9. The number of hydrogen-bond acceptors (Lipinski definition) is 5. The first-order valence-corrected chi connectivity index (χ1v) is 11.6. The number of nitrogens with one attached hydrogen (secondary N) is 2. The van der Waals surface area contributed by atoms with Gasteiger partial charge < -0.3 is 15.0 Å². The van der Waals surface area contributed by atoms with Gasteiger partial charge in [-0.05, 0) is 54.6 Å². The number of hydrogen-bond donors (Lipinski definition) is 2. The zero-order chi connectivity index (χ0) is 24.0. The van der Waals surface area contributed by atoms with Crippen LogP contribution in [0.1, 0.15) is 10.4 Å². The van der Waals surface area contributed by atoms with Gasteiger partial charge in [0.1, 0.15) is 5.75 Å². The lowest BCUT2D eigenvalue weighted by Gasteiger charge is -2.17. The first-order valence-electron chi connectivity index (χ1n) is 9.76. The van der Waals surface area contributed by atoms with Crippen molar-refractivity contribution in [2.45, 2.75) is 4.90 Å². The Morgan fingerprint density at radius 2 is 1.70 bits per heavy atom. The summed E-state index contributed by atoms with van der Waals surface area (Å²) in [5.41, 5.74) is 0.938. The topological polar surface area (TPSA) is 105 Å². The van der Waals surface area contributed by atoms with E-state index >= 15 is 0 Å². The summed E-state index contributed by atoms with van der Waals surface area (Å²) < 4.78 is 33.3. The van der Waals surface area contributed by atoms with E-state index in [0.29, 0.717) is 16.5 Å². The van der Waals surface area contributed by atoms with Gasteiger partial charge in [-0.15, -0.1) is 0 Å². The Bertz CT molecular complexity index is 1260. The summed E-state index contributed by atoms with van der Waals surface area (Å²) in [5, 5.41) is 3.21. The molecule has 0 spiro atoms. The first-order chi connectivity index (χ1) is 15.7. The van der Waals surface area contributed by atoms with E-state index in [1.807, 2.05) is 0 Å². The number of methoxy groups -OCH3 is 1. The van der Waals surface area contributed by atoms with Gasteiger partial charge in [-0.3, -0.25) is 14.3 Å². The van der Waals surface area contributed by atoms with Gasteiger partial charge >= 0.3 is 0 Å². The number of sulfonamides is 1. The number of amides is 2. The van der Waals surface area contributed by atoms with Crippen LogP contribution in [0.3, 0.4) is 0 Å². The highest BCUT2D eigenvalue weighted by Crippen LogP contribution is 2.26. The van der Waals surface area contributed by atoms with Crippen LogP contribution in [-0.2, 0) is 14.8 Å². The number of para-hydroxylation sites is 2. The average Bonchev–Trinajstić information content (AvgIpc) is 2.80. The number of carbonyl (C=O) groups is 2. The number of benzene rings is 3. The van der Waals surface area contributed by atoms with Crippen molar-refractivity contribution in [3.63, 3.8) is 0 Å². The van der Waals surface area contributed by atoms with Crippen molar-refractivity contribution in [1.29, 1.82) is 0 Å². The zero-order valence-corrected chi connectivity index (χ0v) is 19.5. The largest absolute Gasteiger partial charge is 0.495 e. The molecule has 0 aliphatic carbocycles. The summed E-state index contributed by atoms with van der Waals surface area (Å²) in [7, 11) is -1.09. The van der Waals surface area contributed by atoms with Crippen LogP contribution in [0, 0.1) is 0 Å². The third-order valence-corrected chi connectivity index (χ3v) is 6.21. The van der Waals surface area contributed by atoms with Gasteiger partial charge in [0.25, 0.3) is 15.9 Å². The summed E-state index contributed by atoms with van der Waals surface area (Å²) in [5.74, 6) is -0.551. The van der Waals surface area contributed by atoms with Crippen molar-refractivity contribution in [1.82, 2.24) is 4.90 Å². The number of anilines is 2. The van der Waals surface area contributed by atoms with E-state index in [1.165, 1.54) is 43.3 Å². The smallest absolute Gasteiger partial charge is 0.262 e. The third kappa shape index (κ3) is 6.24. The number of carbonyl (C=O) groups excluding carboxylic acids is 2. The van der Waals surface area contributed by atoms with Crippen LogP contribution >= 0.6 is 11.6 Å². The molecule has 0 heterocycles. The Labute approximate surface area is 197 Å².